The van der Waals surface area contributed by atoms with E-state index in [1.807, 2.05) is 78.9 Å². The molecule has 1 N–H and O–H groups in total. The van der Waals surface area contributed by atoms with E-state index in [0.717, 1.165) is 31.5 Å². The number of hydrogen-bond acceptors (Lipinski definition) is 5. The molecule has 3 aromatic carbocycles. The van der Waals surface area contributed by atoms with Crippen LogP contribution in [-0.2, 0) is 16.0 Å². The summed E-state index contributed by atoms with van der Waals surface area (Å²) in [7, 11) is 1.78. The molecular formula is C25H23N3O2S2. The van der Waals surface area contributed by atoms with Crippen molar-refractivity contribution in [3.8, 4) is 0 Å². The Morgan fingerprint density at radius 3 is 2.47 bits per heavy atom. The van der Waals surface area contributed by atoms with E-state index in [2.05, 4.69) is 10.3 Å². The van der Waals surface area contributed by atoms with Gasteiger partial charge in [0.05, 0.1) is 16.0 Å². The third kappa shape index (κ3) is 5.75. The van der Waals surface area contributed by atoms with Crippen LogP contribution in [0.5, 0.6) is 0 Å². The van der Waals surface area contributed by atoms with E-state index in [1.165, 1.54) is 23.1 Å². The summed E-state index contributed by atoms with van der Waals surface area (Å²) in [5.41, 5.74) is 3.64. The first-order valence-electron chi connectivity index (χ1n) is 10.3. The quantitative estimate of drug-likeness (QED) is 0.346. The summed E-state index contributed by atoms with van der Waals surface area (Å²) in [5.74, 6) is 0.322. The molecule has 1 aromatic heterocycles. The van der Waals surface area contributed by atoms with Crippen molar-refractivity contribution in [1.29, 1.82) is 0 Å². The Hall–Kier alpha value is -3.16. The lowest BCUT2D eigenvalue weighted by Gasteiger charge is -2.16. The minimum Gasteiger partial charge on any atom is -0.326 e. The number of nitrogens with zero attached hydrogens (tertiary/aromatic N) is 2. The molecule has 0 fully saturated rings. The van der Waals surface area contributed by atoms with Crippen molar-refractivity contribution >= 4 is 56.5 Å². The third-order valence-electron chi connectivity index (χ3n) is 4.97. The van der Waals surface area contributed by atoms with Crippen LogP contribution < -0.4 is 10.2 Å². The fourth-order valence-corrected chi connectivity index (χ4v) is 5.21. The summed E-state index contributed by atoms with van der Waals surface area (Å²) in [4.78, 5) is 31.1. The van der Waals surface area contributed by atoms with Crippen molar-refractivity contribution in [2.75, 3.05) is 23.0 Å². The van der Waals surface area contributed by atoms with Gasteiger partial charge < -0.3 is 10.2 Å². The maximum Gasteiger partial charge on any atom is 0.237 e. The lowest BCUT2D eigenvalue weighted by Crippen LogP contribution is -2.27. The molecule has 0 unspecified atom stereocenters. The highest BCUT2D eigenvalue weighted by Gasteiger charge is 2.13. The van der Waals surface area contributed by atoms with E-state index in [1.54, 1.807) is 11.9 Å². The lowest BCUT2D eigenvalue weighted by molar-refractivity contribution is -0.116. The van der Waals surface area contributed by atoms with E-state index in [9.17, 15) is 9.59 Å². The van der Waals surface area contributed by atoms with Gasteiger partial charge in [-0.2, -0.15) is 0 Å². The molecule has 0 radical (unpaired) electrons. The van der Waals surface area contributed by atoms with Gasteiger partial charge >= 0.3 is 0 Å². The number of aromatic nitrogens is 1. The van der Waals surface area contributed by atoms with Gasteiger partial charge in [-0.05, 0) is 42.3 Å². The fourth-order valence-electron chi connectivity index (χ4n) is 3.18. The Kier molecular flexibility index (Phi) is 7.19. The topological polar surface area (TPSA) is 62.3 Å². The van der Waals surface area contributed by atoms with Crippen LogP contribution in [0.25, 0.3) is 10.2 Å². The lowest BCUT2D eigenvalue weighted by atomic mass is 10.1. The molecule has 4 aromatic rings. The minimum absolute atomic E-state index is 0.0122. The van der Waals surface area contributed by atoms with Gasteiger partial charge in [0.15, 0.2) is 4.34 Å². The molecule has 0 aliphatic rings. The molecule has 0 atom stereocenters. The number of hydrogen-bond donors (Lipinski definition) is 1. The number of carbonyl (C=O) groups is 2. The number of para-hydroxylation sites is 1. The van der Waals surface area contributed by atoms with Gasteiger partial charge in [-0.1, -0.05) is 60.3 Å². The minimum atomic E-state index is -0.0122. The molecule has 32 heavy (non-hydrogen) atoms. The van der Waals surface area contributed by atoms with Crippen LogP contribution in [-0.4, -0.2) is 29.6 Å². The SMILES string of the molecule is CN(C(=O)CSc1nc2ccc(NC(=O)CCc3ccccc3)cc2s1)c1ccccc1. The standard InChI is InChI=1S/C25H23N3O2S2/c1-28(20-10-6-3-7-11-20)24(30)17-31-25-27-21-14-13-19(16-22(21)32-25)26-23(29)15-12-18-8-4-2-5-9-18/h2-11,13-14,16H,12,15,17H2,1H3,(H,26,29). The number of nitrogens with one attached hydrogen (secondary N) is 1. The highest BCUT2D eigenvalue weighted by molar-refractivity contribution is 8.01. The summed E-state index contributed by atoms with van der Waals surface area (Å²) in [6.45, 7) is 0. The zero-order chi connectivity index (χ0) is 22.3. The van der Waals surface area contributed by atoms with Crippen LogP contribution in [0.1, 0.15) is 12.0 Å². The van der Waals surface area contributed by atoms with Gasteiger partial charge in [0.2, 0.25) is 11.8 Å². The van der Waals surface area contributed by atoms with Gasteiger partial charge in [0, 0.05) is 24.8 Å². The van der Waals surface area contributed by atoms with Crippen molar-refractivity contribution in [2.45, 2.75) is 17.2 Å². The second-order valence-electron chi connectivity index (χ2n) is 7.27. The molecule has 1 heterocycles. The van der Waals surface area contributed by atoms with Crippen molar-refractivity contribution in [3.63, 3.8) is 0 Å². The summed E-state index contributed by atoms with van der Waals surface area (Å²) in [6.07, 6.45) is 1.14. The predicted octanol–water partition coefficient (Wildman–Crippen LogP) is 5.62. The van der Waals surface area contributed by atoms with Gasteiger partial charge in [0.1, 0.15) is 0 Å². The van der Waals surface area contributed by atoms with Gasteiger partial charge in [0.25, 0.3) is 0 Å². The maximum atomic E-state index is 12.5. The average molecular weight is 462 g/mol. The van der Waals surface area contributed by atoms with Crippen LogP contribution in [0.3, 0.4) is 0 Å². The van der Waals surface area contributed by atoms with Crippen molar-refractivity contribution in [3.05, 3.63) is 84.4 Å². The van der Waals surface area contributed by atoms with E-state index >= 15 is 0 Å². The largest absolute Gasteiger partial charge is 0.326 e. The Morgan fingerprint density at radius 1 is 1.00 bits per heavy atom. The molecule has 0 saturated carbocycles. The normalized spacial score (nSPS) is 10.8. The van der Waals surface area contributed by atoms with Gasteiger partial charge in [-0.15, -0.1) is 11.3 Å². The van der Waals surface area contributed by atoms with Crippen molar-refractivity contribution in [1.82, 2.24) is 4.98 Å². The molecule has 7 heteroatoms. The molecule has 0 aliphatic heterocycles. The Balaban J connectivity index is 1.33. The highest BCUT2D eigenvalue weighted by atomic mass is 32.2. The van der Waals surface area contributed by atoms with Crippen LogP contribution in [0.15, 0.2) is 83.2 Å². The number of amides is 2. The van der Waals surface area contributed by atoms with E-state index < -0.39 is 0 Å². The second-order valence-corrected chi connectivity index (χ2v) is 9.53. The zero-order valence-electron chi connectivity index (χ0n) is 17.7. The first-order chi connectivity index (χ1) is 15.6. The number of aryl methyl sites for hydroxylation is 1. The molecule has 0 saturated heterocycles. The van der Waals surface area contributed by atoms with Crippen LogP contribution in [0.2, 0.25) is 0 Å². The number of benzene rings is 3. The summed E-state index contributed by atoms with van der Waals surface area (Å²) >= 11 is 2.96. The van der Waals surface area contributed by atoms with Gasteiger partial charge in [-0.3, -0.25) is 9.59 Å². The van der Waals surface area contributed by atoms with Gasteiger partial charge in [-0.25, -0.2) is 4.98 Å². The number of anilines is 2. The van der Waals surface area contributed by atoms with E-state index in [-0.39, 0.29) is 11.8 Å². The van der Waals surface area contributed by atoms with Crippen LogP contribution in [0, 0.1) is 0 Å². The number of thioether (sulfide) groups is 1. The fraction of sp³-hybridized carbons (Fsp3) is 0.160. The maximum absolute atomic E-state index is 12.5. The predicted molar refractivity (Wildman–Crippen MR) is 134 cm³/mol. The third-order valence-corrected chi connectivity index (χ3v) is 7.12. The Labute approximate surface area is 195 Å². The Morgan fingerprint density at radius 2 is 1.72 bits per heavy atom. The van der Waals surface area contributed by atoms with Crippen molar-refractivity contribution in [2.24, 2.45) is 0 Å². The first kappa shape index (κ1) is 22.0. The number of carbonyl (C=O) groups excluding carboxylic acids is 2. The molecule has 0 aliphatic carbocycles. The molecule has 162 valence electrons. The second kappa shape index (κ2) is 10.4. The smallest absolute Gasteiger partial charge is 0.237 e. The molecule has 0 bridgehead atoms. The number of fused-ring (bicyclic) bond motifs is 1. The highest BCUT2D eigenvalue weighted by Crippen LogP contribution is 2.31. The molecule has 5 nitrogen and oxygen atoms in total. The molecule has 2 amide bonds. The summed E-state index contributed by atoms with van der Waals surface area (Å²) in [5, 5.41) is 2.97. The number of rotatable bonds is 8. The molecule has 4 rings (SSSR count). The van der Waals surface area contributed by atoms with Crippen molar-refractivity contribution < 1.29 is 9.59 Å². The van der Waals surface area contributed by atoms with E-state index in [4.69, 9.17) is 0 Å². The average Bonchev–Trinajstić information content (AvgIpc) is 3.24. The monoisotopic (exact) mass is 461 g/mol. The summed E-state index contributed by atoms with van der Waals surface area (Å²) in [6, 6.07) is 25.3. The van der Waals surface area contributed by atoms with Crippen LogP contribution >= 0.6 is 23.1 Å². The summed E-state index contributed by atoms with van der Waals surface area (Å²) < 4.78 is 1.82. The Bertz CT molecular complexity index is 1210. The number of thiazole rings is 1. The molecule has 0 spiro atoms. The molecular weight excluding hydrogens is 438 g/mol. The zero-order valence-corrected chi connectivity index (χ0v) is 19.3. The van der Waals surface area contributed by atoms with E-state index in [0.29, 0.717) is 18.6 Å². The first-order valence-corrected chi connectivity index (χ1v) is 12.1. The van der Waals surface area contributed by atoms with Crippen LogP contribution in [0.4, 0.5) is 11.4 Å².